The SMILES string of the molecule is C=CCOc1ccccc1CNC(=NC)NCc1ccnc(OCC)c1. The van der Waals surface area contributed by atoms with E-state index in [1.54, 1.807) is 19.3 Å². The van der Waals surface area contributed by atoms with Crippen LogP contribution < -0.4 is 20.1 Å². The maximum atomic E-state index is 5.68. The Morgan fingerprint density at radius 2 is 2.00 bits per heavy atom. The summed E-state index contributed by atoms with van der Waals surface area (Å²) < 4.78 is 11.1. The Bertz CT molecular complexity index is 731. The van der Waals surface area contributed by atoms with Gasteiger partial charge in [-0.15, -0.1) is 0 Å². The van der Waals surface area contributed by atoms with Gasteiger partial charge in [0.05, 0.1) is 6.61 Å². The van der Waals surface area contributed by atoms with E-state index in [0.717, 1.165) is 16.9 Å². The summed E-state index contributed by atoms with van der Waals surface area (Å²) in [6, 6.07) is 11.8. The molecule has 0 spiro atoms. The third-order valence-electron chi connectivity index (χ3n) is 3.55. The van der Waals surface area contributed by atoms with Crippen molar-refractivity contribution in [2.45, 2.75) is 20.0 Å². The summed E-state index contributed by atoms with van der Waals surface area (Å²) in [4.78, 5) is 8.43. The topological polar surface area (TPSA) is 67.8 Å². The minimum atomic E-state index is 0.480. The largest absolute Gasteiger partial charge is 0.489 e. The van der Waals surface area contributed by atoms with E-state index in [0.29, 0.717) is 38.1 Å². The molecule has 26 heavy (non-hydrogen) atoms. The van der Waals surface area contributed by atoms with Gasteiger partial charge in [0, 0.05) is 38.0 Å². The third-order valence-corrected chi connectivity index (χ3v) is 3.55. The van der Waals surface area contributed by atoms with E-state index in [-0.39, 0.29) is 0 Å². The van der Waals surface area contributed by atoms with Gasteiger partial charge in [-0.25, -0.2) is 4.98 Å². The molecule has 0 atom stereocenters. The number of para-hydroxylation sites is 1. The van der Waals surface area contributed by atoms with E-state index in [2.05, 4.69) is 27.2 Å². The van der Waals surface area contributed by atoms with E-state index in [9.17, 15) is 0 Å². The highest BCUT2D eigenvalue weighted by atomic mass is 16.5. The monoisotopic (exact) mass is 354 g/mol. The summed E-state index contributed by atoms with van der Waals surface area (Å²) in [6.45, 7) is 7.92. The molecular formula is C20H26N4O2. The number of nitrogens with zero attached hydrogens (tertiary/aromatic N) is 2. The molecule has 2 N–H and O–H groups in total. The molecular weight excluding hydrogens is 328 g/mol. The molecule has 1 heterocycles. The Balaban J connectivity index is 1.90. The molecule has 0 saturated carbocycles. The normalized spacial score (nSPS) is 10.9. The molecule has 0 unspecified atom stereocenters. The van der Waals surface area contributed by atoms with E-state index in [1.807, 2.05) is 43.3 Å². The molecule has 0 fully saturated rings. The standard InChI is InChI=1S/C20H26N4O2/c1-4-12-26-18-9-7-6-8-17(18)15-24-20(21-3)23-14-16-10-11-22-19(13-16)25-5-2/h4,6-11,13H,1,5,12,14-15H2,2-3H3,(H2,21,23,24). The Labute approximate surface area is 155 Å². The van der Waals surface area contributed by atoms with Crippen LogP contribution in [0.2, 0.25) is 0 Å². The highest BCUT2D eigenvalue weighted by molar-refractivity contribution is 5.79. The molecule has 0 bridgehead atoms. The smallest absolute Gasteiger partial charge is 0.213 e. The zero-order valence-electron chi connectivity index (χ0n) is 15.4. The number of guanidine groups is 1. The Kier molecular flexibility index (Phi) is 7.99. The second-order valence-electron chi connectivity index (χ2n) is 5.42. The summed E-state index contributed by atoms with van der Waals surface area (Å²) in [5, 5.41) is 6.59. The van der Waals surface area contributed by atoms with Crippen molar-refractivity contribution in [1.82, 2.24) is 15.6 Å². The van der Waals surface area contributed by atoms with Crippen molar-refractivity contribution in [2.24, 2.45) is 4.99 Å². The average molecular weight is 354 g/mol. The van der Waals surface area contributed by atoms with Crippen LogP contribution in [0, 0.1) is 0 Å². The summed E-state index contributed by atoms with van der Waals surface area (Å²) in [7, 11) is 1.74. The van der Waals surface area contributed by atoms with Crippen LogP contribution in [0.15, 0.2) is 60.2 Å². The lowest BCUT2D eigenvalue weighted by molar-refractivity contribution is 0.326. The van der Waals surface area contributed by atoms with Gasteiger partial charge in [0.25, 0.3) is 0 Å². The number of ether oxygens (including phenoxy) is 2. The minimum Gasteiger partial charge on any atom is -0.489 e. The van der Waals surface area contributed by atoms with Gasteiger partial charge in [0.15, 0.2) is 5.96 Å². The second kappa shape index (κ2) is 10.8. The predicted molar refractivity (Wildman–Crippen MR) is 105 cm³/mol. The van der Waals surface area contributed by atoms with Crippen molar-refractivity contribution in [1.29, 1.82) is 0 Å². The summed E-state index contributed by atoms with van der Waals surface area (Å²) in [6.07, 6.45) is 3.47. The van der Waals surface area contributed by atoms with Gasteiger partial charge >= 0.3 is 0 Å². The van der Waals surface area contributed by atoms with Crippen LogP contribution >= 0.6 is 0 Å². The maximum absolute atomic E-state index is 5.68. The van der Waals surface area contributed by atoms with Crippen molar-refractivity contribution in [3.05, 3.63) is 66.4 Å². The predicted octanol–water partition coefficient (Wildman–Crippen LogP) is 2.91. The lowest BCUT2D eigenvalue weighted by Crippen LogP contribution is -2.36. The fourth-order valence-electron chi connectivity index (χ4n) is 2.31. The first-order valence-corrected chi connectivity index (χ1v) is 8.60. The second-order valence-corrected chi connectivity index (χ2v) is 5.42. The van der Waals surface area contributed by atoms with E-state index < -0.39 is 0 Å². The Hall–Kier alpha value is -3.02. The average Bonchev–Trinajstić information content (AvgIpc) is 2.68. The Morgan fingerprint density at radius 3 is 2.77 bits per heavy atom. The van der Waals surface area contributed by atoms with Crippen LogP contribution in [0.5, 0.6) is 11.6 Å². The quantitative estimate of drug-likeness (QED) is 0.412. The number of pyridine rings is 1. The molecule has 6 heteroatoms. The van der Waals surface area contributed by atoms with Crippen molar-refractivity contribution in [3.63, 3.8) is 0 Å². The molecule has 2 rings (SSSR count). The highest BCUT2D eigenvalue weighted by Gasteiger charge is 2.05. The van der Waals surface area contributed by atoms with Crippen LogP contribution in [-0.2, 0) is 13.1 Å². The minimum absolute atomic E-state index is 0.480. The molecule has 0 amide bonds. The molecule has 2 aromatic rings. The van der Waals surface area contributed by atoms with Crippen molar-refractivity contribution in [3.8, 4) is 11.6 Å². The molecule has 1 aromatic carbocycles. The molecule has 1 aromatic heterocycles. The number of aliphatic imine (C=N–C) groups is 1. The van der Waals surface area contributed by atoms with E-state index in [4.69, 9.17) is 9.47 Å². The number of hydrogen-bond acceptors (Lipinski definition) is 4. The lowest BCUT2D eigenvalue weighted by Gasteiger charge is -2.14. The van der Waals surface area contributed by atoms with Crippen molar-refractivity contribution in [2.75, 3.05) is 20.3 Å². The highest BCUT2D eigenvalue weighted by Crippen LogP contribution is 2.17. The first-order chi connectivity index (χ1) is 12.8. The lowest BCUT2D eigenvalue weighted by atomic mass is 10.2. The third kappa shape index (κ3) is 6.12. The summed E-state index contributed by atoms with van der Waals surface area (Å²) in [5.41, 5.74) is 2.13. The van der Waals surface area contributed by atoms with Crippen LogP contribution in [0.4, 0.5) is 0 Å². The molecule has 6 nitrogen and oxygen atoms in total. The van der Waals surface area contributed by atoms with Crippen molar-refractivity contribution >= 4 is 5.96 Å². The van der Waals surface area contributed by atoms with Gasteiger partial charge in [0.1, 0.15) is 12.4 Å². The van der Waals surface area contributed by atoms with Gasteiger partial charge in [0.2, 0.25) is 5.88 Å². The molecule has 0 radical (unpaired) electrons. The number of nitrogens with one attached hydrogen (secondary N) is 2. The van der Waals surface area contributed by atoms with Crippen LogP contribution in [0.25, 0.3) is 0 Å². The van der Waals surface area contributed by atoms with Gasteiger partial charge < -0.3 is 20.1 Å². The zero-order valence-corrected chi connectivity index (χ0v) is 15.4. The molecule has 0 aliphatic heterocycles. The molecule has 0 aliphatic carbocycles. The zero-order chi connectivity index (χ0) is 18.6. The van der Waals surface area contributed by atoms with E-state index >= 15 is 0 Å². The molecule has 138 valence electrons. The van der Waals surface area contributed by atoms with Crippen LogP contribution in [-0.4, -0.2) is 31.2 Å². The van der Waals surface area contributed by atoms with Crippen molar-refractivity contribution < 1.29 is 9.47 Å². The number of benzene rings is 1. The number of aromatic nitrogens is 1. The van der Waals surface area contributed by atoms with Gasteiger partial charge in [-0.3, -0.25) is 4.99 Å². The summed E-state index contributed by atoms with van der Waals surface area (Å²) in [5.74, 6) is 2.17. The van der Waals surface area contributed by atoms with Gasteiger partial charge in [-0.2, -0.15) is 0 Å². The molecule has 0 aliphatic rings. The maximum Gasteiger partial charge on any atom is 0.213 e. The Morgan fingerprint density at radius 1 is 1.19 bits per heavy atom. The number of hydrogen-bond donors (Lipinski definition) is 2. The first kappa shape index (κ1) is 19.3. The van der Waals surface area contributed by atoms with Crippen LogP contribution in [0.1, 0.15) is 18.1 Å². The van der Waals surface area contributed by atoms with Gasteiger partial charge in [-0.1, -0.05) is 30.9 Å². The van der Waals surface area contributed by atoms with Gasteiger partial charge in [-0.05, 0) is 24.6 Å². The number of rotatable bonds is 9. The van der Waals surface area contributed by atoms with E-state index in [1.165, 1.54) is 0 Å². The molecule has 0 saturated heterocycles. The first-order valence-electron chi connectivity index (χ1n) is 8.60. The van der Waals surface area contributed by atoms with Crippen LogP contribution in [0.3, 0.4) is 0 Å². The fraction of sp³-hybridized carbons (Fsp3) is 0.300. The summed E-state index contributed by atoms with van der Waals surface area (Å²) >= 11 is 0. The fourth-order valence-corrected chi connectivity index (χ4v) is 2.31.